The first-order valence-electron chi connectivity index (χ1n) is 8.21. The molecule has 0 amide bonds. The zero-order valence-corrected chi connectivity index (χ0v) is 16.9. The first-order valence-corrected chi connectivity index (χ1v) is 9.75. The Bertz CT molecular complexity index is 443. The van der Waals surface area contributed by atoms with Gasteiger partial charge in [-0.2, -0.15) is 0 Å². The molecule has 0 radical (unpaired) electrons. The van der Waals surface area contributed by atoms with E-state index in [1.807, 2.05) is 13.8 Å². The molecule has 3 unspecified atom stereocenters. The van der Waals surface area contributed by atoms with Crippen LogP contribution in [0, 0.1) is 5.92 Å². The van der Waals surface area contributed by atoms with E-state index in [9.17, 15) is 14.2 Å². The van der Waals surface area contributed by atoms with Crippen LogP contribution < -0.4 is 10.8 Å². The molecule has 0 rings (SSSR count). The summed E-state index contributed by atoms with van der Waals surface area (Å²) in [6, 6.07) is -1.70. The van der Waals surface area contributed by atoms with Gasteiger partial charge in [-0.15, -0.1) is 0 Å². The van der Waals surface area contributed by atoms with Crippen LogP contribution in [-0.4, -0.2) is 46.4 Å². The normalized spacial score (nSPS) is 15.3. The summed E-state index contributed by atoms with van der Waals surface area (Å²) in [5.41, 5.74) is 5.27. The number of aliphatic carboxylic acids is 2. The lowest BCUT2D eigenvalue weighted by atomic mass is 10.0. The van der Waals surface area contributed by atoms with Crippen LogP contribution in [0.1, 0.15) is 54.9 Å². The molecular weight excluding hydrogens is 351 g/mol. The number of hydrogen-bond acceptors (Lipinski definition) is 6. The molecule has 10 heteroatoms. The Labute approximate surface area is 149 Å². The highest BCUT2D eigenvalue weighted by atomic mass is 31.2. The molecule has 25 heavy (non-hydrogen) atoms. The van der Waals surface area contributed by atoms with Crippen LogP contribution in [0.2, 0.25) is 0 Å². The first kappa shape index (κ1) is 26.2. The molecule has 0 aliphatic carbocycles. The summed E-state index contributed by atoms with van der Waals surface area (Å²) in [5.74, 6) is -1.95. The third kappa shape index (κ3) is 12.9. The number of carboxylic acids is 2. The largest absolute Gasteiger partial charge is 0.480 e. The third-order valence-corrected chi connectivity index (χ3v) is 5.07. The highest BCUT2D eigenvalue weighted by Gasteiger charge is 2.31. The summed E-state index contributed by atoms with van der Waals surface area (Å²) in [6.07, 6.45) is 0.171. The van der Waals surface area contributed by atoms with Crippen molar-refractivity contribution < 1.29 is 33.4 Å². The molecule has 0 bridgehead atoms. The van der Waals surface area contributed by atoms with Gasteiger partial charge in [0, 0.05) is 0 Å². The molecule has 0 spiro atoms. The second-order valence-electron chi connectivity index (χ2n) is 6.24. The highest BCUT2D eigenvalue weighted by Crippen LogP contribution is 2.46. The molecule has 0 aromatic carbocycles. The zero-order chi connectivity index (χ0) is 20.4. The van der Waals surface area contributed by atoms with E-state index in [2.05, 4.69) is 5.09 Å². The summed E-state index contributed by atoms with van der Waals surface area (Å²) >= 11 is 0. The fraction of sp³-hybridized carbons (Fsp3) is 0.867. The van der Waals surface area contributed by atoms with E-state index in [1.54, 1.807) is 27.7 Å². The molecule has 0 aliphatic heterocycles. The van der Waals surface area contributed by atoms with Gasteiger partial charge in [0.05, 0.1) is 12.2 Å². The highest BCUT2D eigenvalue weighted by molar-refractivity contribution is 7.51. The number of nitrogens with two attached hydrogens (primary N) is 1. The van der Waals surface area contributed by atoms with Crippen LogP contribution in [0.3, 0.4) is 0 Å². The Balaban J connectivity index is 0. The van der Waals surface area contributed by atoms with Crippen molar-refractivity contribution in [2.75, 3.05) is 0 Å². The molecular formula is C15H33N2O7P. The van der Waals surface area contributed by atoms with Crippen molar-refractivity contribution in [3.05, 3.63) is 0 Å². The SMILES string of the molecule is CC(C)OP(=O)(NC(C)C(=O)O)OC(C)C.CCC(C)C(N)C(=O)O. The average Bonchev–Trinajstić information content (AvgIpc) is 2.43. The summed E-state index contributed by atoms with van der Waals surface area (Å²) in [6.45, 7) is 11.9. The molecule has 9 nitrogen and oxygen atoms in total. The molecule has 0 aromatic heterocycles. The predicted octanol–water partition coefficient (Wildman–Crippen LogP) is 2.45. The van der Waals surface area contributed by atoms with E-state index in [4.69, 9.17) is 25.0 Å². The van der Waals surface area contributed by atoms with Gasteiger partial charge in [0.25, 0.3) is 0 Å². The molecule has 0 saturated heterocycles. The van der Waals surface area contributed by atoms with Gasteiger partial charge in [0.2, 0.25) is 0 Å². The lowest BCUT2D eigenvalue weighted by Crippen LogP contribution is -2.36. The standard InChI is InChI=1S/C9H20NO5P.C6H13NO2/c1-6(2)14-16(13,15-7(3)4)10-8(5)9(11)12;1-3-4(2)5(7)6(8)9/h6-8H,1-5H3,(H,10,13)(H,11,12);4-5H,3,7H2,1-2H3,(H,8,9). The van der Waals surface area contributed by atoms with Crippen LogP contribution in [0.5, 0.6) is 0 Å². The van der Waals surface area contributed by atoms with Gasteiger partial charge in [-0.1, -0.05) is 20.3 Å². The summed E-state index contributed by atoms with van der Waals surface area (Å²) < 4.78 is 22.4. The van der Waals surface area contributed by atoms with Gasteiger partial charge in [0.1, 0.15) is 12.1 Å². The van der Waals surface area contributed by atoms with Gasteiger partial charge in [-0.25, -0.2) is 9.65 Å². The van der Waals surface area contributed by atoms with Crippen molar-refractivity contribution in [2.45, 2.75) is 79.2 Å². The van der Waals surface area contributed by atoms with Crippen LogP contribution in [-0.2, 0) is 23.2 Å². The van der Waals surface area contributed by atoms with Crippen molar-refractivity contribution in [3.8, 4) is 0 Å². The summed E-state index contributed by atoms with van der Waals surface area (Å²) in [7, 11) is -3.57. The Morgan fingerprint density at radius 2 is 1.40 bits per heavy atom. The predicted molar refractivity (Wildman–Crippen MR) is 95.3 cm³/mol. The number of nitrogens with one attached hydrogen (secondary N) is 1. The minimum atomic E-state index is -3.57. The van der Waals surface area contributed by atoms with Crippen molar-refractivity contribution in [3.63, 3.8) is 0 Å². The number of hydrogen-bond donors (Lipinski definition) is 4. The molecule has 0 aromatic rings. The fourth-order valence-corrected chi connectivity index (χ4v) is 3.30. The monoisotopic (exact) mass is 384 g/mol. The second kappa shape index (κ2) is 12.4. The quantitative estimate of drug-likeness (QED) is 0.417. The Kier molecular flexibility index (Phi) is 13.0. The number of carboxylic acid groups (broad SMARTS) is 2. The van der Waals surface area contributed by atoms with Crippen molar-refractivity contribution >= 4 is 19.7 Å². The van der Waals surface area contributed by atoms with Gasteiger partial charge >= 0.3 is 19.7 Å². The van der Waals surface area contributed by atoms with E-state index in [0.29, 0.717) is 0 Å². The molecule has 150 valence electrons. The van der Waals surface area contributed by atoms with Crippen molar-refractivity contribution in [2.24, 2.45) is 11.7 Å². The fourth-order valence-electron chi connectivity index (χ4n) is 1.43. The lowest BCUT2D eigenvalue weighted by molar-refractivity contribution is -0.140. The van der Waals surface area contributed by atoms with Crippen LogP contribution in [0.25, 0.3) is 0 Å². The van der Waals surface area contributed by atoms with E-state index in [-0.39, 0.29) is 18.1 Å². The maximum atomic E-state index is 12.1. The number of carbonyl (C=O) groups is 2. The summed E-state index contributed by atoms with van der Waals surface area (Å²) in [5, 5.41) is 19.4. The lowest BCUT2D eigenvalue weighted by Gasteiger charge is -2.24. The molecule has 0 aliphatic rings. The van der Waals surface area contributed by atoms with Gasteiger partial charge in [0.15, 0.2) is 0 Å². The average molecular weight is 384 g/mol. The molecule has 3 atom stereocenters. The van der Waals surface area contributed by atoms with Gasteiger partial charge in [-0.3, -0.25) is 18.6 Å². The van der Waals surface area contributed by atoms with Crippen molar-refractivity contribution in [1.82, 2.24) is 5.09 Å². The Morgan fingerprint density at radius 1 is 1.00 bits per heavy atom. The maximum absolute atomic E-state index is 12.1. The molecule has 0 saturated carbocycles. The zero-order valence-electron chi connectivity index (χ0n) is 16.1. The topological polar surface area (TPSA) is 148 Å². The van der Waals surface area contributed by atoms with Crippen LogP contribution in [0.15, 0.2) is 0 Å². The molecule has 5 N–H and O–H groups in total. The van der Waals surface area contributed by atoms with Gasteiger partial charge in [-0.05, 0) is 40.5 Å². The maximum Gasteiger partial charge on any atom is 0.406 e. The Hall–Kier alpha value is -0.990. The minimum absolute atomic E-state index is 0.0718. The molecule has 0 heterocycles. The van der Waals surface area contributed by atoms with E-state index in [0.717, 1.165) is 6.42 Å². The van der Waals surface area contributed by atoms with Crippen molar-refractivity contribution in [1.29, 1.82) is 0 Å². The first-order chi connectivity index (χ1) is 11.3. The third-order valence-electron chi connectivity index (χ3n) is 2.96. The van der Waals surface area contributed by atoms with Crippen LogP contribution in [0.4, 0.5) is 0 Å². The smallest absolute Gasteiger partial charge is 0.406 e. The van der Waals surface area contributed by atoms with Gasteiger partial charge < -0.3 is 15.9 Å². The molecule has 0 fully saturated rings. The Morgan fingerprint density at radius 3 is 1.60 bits per heavy atom. The van der Waals surface area contributed by atoms with E-state index in [1.165, 1.54) is 6.92 Å². The number of rotatable bonds is 10. The summed E-state index contributed by atoms with van der Waals surface area (Å²) in [4.78, 5) is 20.8. The van der Waals surface area contributed by atoms with E-state index >= 15 is 0 Å². The second-order valence-corrected chi connectivity index (χ2v) is 7.92. The van der Waals surface area contributed by atoms with Crippen LogP contribution >= 0.6 is 7.75 Å². The minimum Gasteiger partial charge on any atom is -0.480 e. The van der Waals surface area contributed by atoms with E-state index < -0.39 is 31.8 Å².